The number of anilines is 1. The lowest BCUT2D eigenvalue weighted by Gasteiger charge is -2.30. The highest BCUT2D eigenvalue weighted by molar-refractivity contribution is 6.28. The van der Waals surface area contributed by atoms with E-state index in [1.54, 1.807) is 55.0 Å². The van der Waals surface area contributed by atoms with Crippen molar-refractivity contribution in [2.24, 2.45) is 4.99 Å². The lowest BCUT2D eigenvalue weighted by molar-refractivity contribution is -0.118. The second-order valence-electron chi connectivity index (χ2n) is 6.36. The third kappa shape index (κ3) is 3.44. The van der Waals surface area contributed by atoms with Gasteiger partial charge in [0.15, 0.2) is 0 Å². The predicted octanol–water partition coefficient (Wildman–Crippen LogP) is 3.06. The minimum Gasteiger partial charge on any atom is -0.296 e. The van der Waals surface area contributed by atoms with Crippen molar-refractivity contribution >= 4 is 23.8 Å². The fraction of sp³-hybridized carbons (Fsp3) is 0.136. The number of imide groups is 1. The first kappa shape index (κ1) is 17.7. The van der Waals surface area contributed by atoms with Crippen LogP contribution in [-0.4, -0.2) is 34.5 Å². The first-order chi connectivity index (χ1) is 13.8. The van der Waals surface area contributed by atoms with E-state index >= 15 is 0 Å². The third-order valence-electron chi connectivity index (χ3n) is 4.57. The smallest absolute Gasteiger partial charge is 0.266 e. The number of carbonyl (C=O) groups excluding carboxylic acids is 2. The summed E-state index contributed by atoms with van der Waals surface area (Å²) in [7, 11) is 0. The largest absolute Gasteiger partial charge is 0.296 e. The molecule has 0 fully saturated rings. The van der Waals surface area contributed by atoms with Crippen molar-refractivity contribution in [3.8, 4) is 0 Å². The average molecular weight is 370 g/mol. The first-order valence-corrected chi connectivity index (χ1v) is 9.04. The molecule has 0 spiro atoms. The van der Waals surface area contributed by atoms with Crippen LogP contribution in [0.25, 0.3) is 0 Å². The Bertz CT molecular complexity index is 1020. The van der Waals surface area contributed by atoms with E-state index in [-0.39, 0.29) is 11.8 Å². The van der Waals surface area contributed by atoms with Crippen molar-refractivity contribution in [2.45, 2.75) is 12.3 Å². The number of rotatable bonds is 5. The van der Waals surface area contributed by atoms with Crippen LogP contribution in [0.2, 0.25) is 0 Å². The summed E-state index contributed by atoms with van der Waals surface area (Å²) >= 11 is 0. The molecule has 2 aromatic heterocycles. The van der Waals surface area contributed by atoms with Crippen LogP contribution in [0.15, 0.2) is 78.0 Å². The molecule has 4 rings (SSSR count). The summed E-state index contributed by atoms with van der Waals surface area (Å²) in [4.78, 5) is 40.1. The fourth-order valence-electron chi connectivity index (χ4n) is 3.21. The Balaban J connectivity index is 1.61. The lowest BCUT2D eigenvalue weighted by atomic mass is 9.89. The molecule has 0 saturated heterocycles. The molecular formula is C22H18N4O2. The zero-order valence-corrected chi connectivity index (χ0v) is 15.1. The Hall–Kier alpha value is -3.67. The Morgan fingerprint density at radius 1 is 0.929 bits per heavy atom. The zero-order chi connectivity index (χ0) is 19.3. The Labute approximate surface area is 162 Å². The molecule has 0 bridgehead atoms. The monoisotopic (exact) mass is 370 g/mol. The normalized spacial score (nSPS) is 16.4. The van der Waals surface area contributed by atoms with Crippen LogP contribution >= 0.6 is 0 Å². The third-order valence-corrected chi connectivity index (χ3v) is 4.57. The number of pyridine rings is 2. The van der Waals surface area contributed by atoms with Crippen LogP contribution in [0.5, 0.6) is 0 Å². The lowest BCUT2D eigenvalue weighted by Crippen LogP contribution is -2.46. The van der Waals surface area contributed by atoms with Crippen molar-refractivity contribution in [1.29, 1.82) is 0 Å². The predicted molar refractivity (Wildman–Crippen MR) is 107 cm³/mol. The SMILES string of the molecule is O=C1c2ccccc2[C@@H](C=NCCc2ccccn2)C(=O)N1c1ccccn1. The van der Waals surface area contributed by atoms with Crippen molar-refractivity contribution < 1.29 is 9.59 Å². The summed E-state index contributed by atoms with van der Waals surface area (Å²) < 4.78 is 0. The van der Waals surface area contributed by atoms with Crippen LogP contribution in [0.4, 0.5) is 5.82 Å². The van der Waals surface area contributed by atoms with Crippen molar-refractivity contribution in [1.82, 2.24) is 9.97 Å². The molecule has 0 aliphatic carbocycles. The molecule has 1 aliphatic heterocycles. The van der Waals surface area contributed by atoms with E-state index in [0.717, 1.165) is 10.6 Å². The van der Waals surface area contributed by atoms with Crippen LogP contribution in [-0.2, 0) is 11.2 Å². The summed E-state index contributed by atoms with van der Waals surface area (Å²) in [6.07, 6.45) is 5.62. The molecule has 1 aromatic carbocycles. The minimum absolute atomic E-state index is 0.318. The quantitative estimate of drug-likeness (QED) is 0.511. The van der Waals surface area contributed by atoms with Gasteiger partial charge in [-0.1, -0.05) is 30.3 Å². The van der Waals surface area contributed by atoms with E-state index in [0.29, 0.717) is 29.9 Å². The van der Waals surface area contributed by atoms with E-state index in [1.807, 2.05) is 24.3 Å². The highest BCUT2D eigenvalue weighted by Gasteiger charge is 2.39. The summed E-state index contributed by atoms with van der Waals surface area (Å²) in [5, 5.41) is 0. The summed E-state index contributed by atoms with van der Waals surface area (Å²) in [6.45, 7) is 0.514. The molecule has 0 radical (unpaired) electrons. The standard InChI is InChI=1S/C22H18N4O2/c27-21-18-9-2-1-8-17(18)19(15-23-14-11-16-7-3-5-12-24-16)22(28)26(21)20-10-4-6-13-25-20/h1-10,12-13,15,19H,11,14H2/t19-/m1/s1. The molecule has 3 aromatic rings. The first-order valence-electron chi connectivity index (χ1n) is 9.04. The van der Waals surface area contributed by atoms with Crippen LogP contribution in [0.3, 0.4) is 0 Å². The molecule has 0 saturated carbocycles. The topological polar surface area (TPSA) is 75.5 Å². The Kier molecular flexibility index (Phi) is 5.01. The van der Waals surface area contributed by atoms with Gasteiger partial charge in [0.05, 0.1) is 5.92 Å². The van der Waals surface area contributed by atoms with Crippen LogP contribution < -0.4 is 4.90 Å². The molecule has 6 heteroatoms. The maximum atomic E-state index is 13.1. The van der Waals surface area contributed by atoms with Crippen LogP contribution in [0.1, 0.15) is 27.5 Å². The number of aliphatic imine (C=N–C) groups is 1. The Morgan fingerprint density at radius 3 is 2.43 bits per heavy atom. The van der Waals surface area contributed by atoms with Gasteiger partial charge < -0.3 is 0 Å². The van der Waals surface area contributed by atoms with Crippen molar-refractivity contribution in [3.63, 3.8) is 0 Å². The van der Waals surface area contributed by atoms with Gasteiger partial charge in [0.1, 0.15) is 5.82 Å². The maximum Gasteiger partial charge on any atom is 0.266 e. The number of hydrogen-bond acceptors (Lipinski definition) is 5. The van der Waals surface area contributed by atoms with Gasteiger partial charge in [0.25, 0.3) is 5.91 Å². The highest BCUT2D eigenvalue weighted by atomic mass is 16.2. The van der Waals surface area contributed by atoms with E-state index in [2.05, 4.69) is 15.0 Å². The number of nitrogens with zero attached hydrogens (tertiary/aromatic N) is 4. The highest BCUT2D eigenvalue weighted by Crippen LogP contribution is 2.30. The van der Waals surface area contributed by atoms with Gasteiger partial charge in [-0.2, -0.15) is 0 Å². The number of carbonyl (C=O) groups is 2. The molecule has 138 valence electrons. The molecule has 0 N–H and O–H groups in total. The Morgan fingerprint density at radius 2 is 1.68 bits per heavy atom. The zero-order valence-electron chi connectivity index (χ0n) is 15.1. The van der Waals surface area contributed by atoms with Crippen molar-refractivity contribution in [3.05, 3.63) is 89.9 Å². The molecule has 28 heavy (non-hydrogen) atoms. The second-order valence-corrected chi connectivity index (χ2v) is 6.36. The number of fused-ring (bicyclic) bond motifs is 1. The molecule has 3 heterocycles. The second kappa shape index (κ2) is 7.92. The average Bonchev–Trinajstić information content (AvgIpc) is 2.75. The van der Waals surface area contributed by atoms with E-state index in [4.69, 9.17) is 0 Å². The molecule has 0 unspecified atom stereocenters. The van der Waals surface area contributed by atoms with Gasteiger partial charge >= 0.3 is 0 Å². The minimum atomic E-state index is -0.625. The molecule has 2 amide bonds. The summed E-state index contributed by atoms with van der Waals surface area (Å²) in [6, 6.07) is 18.0. The van der Waals surface area contributed by atoms with Gasteiger partial charge in [-0.05, 0) is 35.9 Å². The van der Waals surface area contributed by atoms with Gasteiger partial charge in [0.2, 0.25) is 5.91 Å². The molecule has 1 aliphatic rings. The number of amides is 2. The molecule has 6 nitrogen and oxygen atoms in total. The van der Waals surface area contributed by atoms with E-state index in [1.165, 1.54) is 0 Å². The maximum absolute atomic E-state index is 13.1. The van der Waals surface area contributed by atoms with E-state index < -0.39 is 5.92 Å². The fourth-order valence-corrected chi connectivity index (χ4v) is 3.21. The number of aromatic nitrogens is 2. The van der Waals surface area contributed by atoms with Gasteiger partial charge in [-0.25, -0.2) is 9.88 Å². The van der Waals surface area contributed by atoms with Gasteiger partial charge in [-0.15, -0.1) is 0 Å². The summed E-state index contributed by atoms with van der Waals surface area (Å²) in [5.74, 6) is -1.01. The van der Waals surface area contributed by atoms with Gasteiger partial charge in [-0.3, -0.25) is 19.6 Å². The number of benzene rings is 1. The summed E-state index contributed by atoms with van der Waals surface area (Å²) in [5.41, 5.74) is 2.11. The molecule has 1 atom stereocenters. The van der Waals surface area contributed by atoms with Gasteiger partial charge in [0, 0.05) is 42.8 Å². The molecular weight excluding hydrogens is 352 g/mol. The van der Waals surface area contributed by atoms with Crippen molar-refractivity contribution in [2.75, 3.05) is 11.4 Å². The van der Waals surface area contributed by atoms with E-state index in [9.17, 15) is 9.59 Å². The van der Waals surface area contributed by atoms with Crippen LogP contribution in [0, 0.1) is 0 Å². The number of hydrogen-bond donors (Lipinski definition) is 0.